The summed E-state index contributed by atoms with van der Waals surface area (Å²) in [6, 6.07) is 8.41. The molecule has 1 aromatic carbocycles. The molecule has 0 saturated heterocycles. The fourth-order valence-corrected chi connectivity index (χ4v) is 2.44. The molecule has 0 bridgehead atoms. The lowest BCUT2D eigenvalue weighted by atomic mass is 9.99. The second-order valence-corrected chi connectivity index (χ2v) is 5.73. The van der Waals surface area contributed by atoms with E-state index >= 15 is 0 Å². The van der Waals surface area contributed by atoms with E-state index in [0.29, 0.717) is 23.6 Å². The standard InChI is InChI=1S/C16H20N2O4/c1-11(2)9-13-10-16(21,15(20)22-3)18(17-13)14(19)12-7-5-4-6-8-12/h4-8,11,21H,9-10H2,1-3H3/t16-/m1/s1. The quantitative estimate of drug-likeness (QED) is 0.860. The van der Waals surface area contributed by atoms with Gasteiger partial charge in [-0.15, -0.1) is 0 Å². The predicted molar refractivity (Wildman–Crippen MR) is 81.1 cm³/mol. The van der Waals surface area contributed by atoms with Crippen LogP contribution in [0.5, 0.6) is 0 Å². The summed E-state index contributed by atoms with van der Waals surface area (Å²) in [6.45, 7) is 4.00. The predicted octanol–water partition coefficient (Wildman–Crippen LogP) is 1.80. The SMILES string of the molecule is COC(=O)[C@]1(O)CC(CC(C)C)=NN1C(=O)c1ccccc1. The van der Waals surface area contributed by atoms with Crippen molar-refractivity contribution in [3.8, 4) is 0 Å². The molecular weight excluding hydrogens is 284 g/mol. The molecule has 118 valence electrons. The molecule has 6 nitrogen and oxygen atoms in total. The largest absolute Gasteiger partial charge is 0.465 e. The number of ether oxygens (including phenoxy) is 1. The Labute approximate surface area is 129 Å². The number of nitrogens with zero attached hydrogens (tertiary/aromatic N) is 2. The molecule has 0 aliphatic carbocycles. The lowest BCUT2D eigenvalue weighted by Gasteiger charge is -2.28. The summed E-state index contributed by atoms with van der Waals surface area (Å²) in [6.07, 6.45) is 0.564. The average Bonchev–Trinajstić information content (AvgIpc) is 2.83. The molecule has 1 heterocycles. The number of methoxy groups -OCH3 is 1. The van der Waals surface area contributed by atoms with E-state index in [1.807, 2.05) is 13.8 Å². The highest BCUT2D eigenvalue weighted by atomic mass is 16.5. The third kappa shape index (κ3) is 3.01. The highest BCUT2D eigenvalue weighted by Crippen LogP contribution is 2.30. The number of aliphatic hydroxyl groups is 1. The van der Waals surface area contributed by atoms with Gasteiger partial charge >= 0.3 is 5.97 Å². The summed E-state index contributed by atoms with van der Waals surface area (Å²) < 4.78 is 4.65. The highest BCUT2D eigenvalue weighted by molar-refractivity contribution is 6.03. The minimum atomic E-state index is -2.08. The zero-order valence-corrected chi connectivity index (χ0v) is 12.9. The van der Waals surface area contributed by atoms with Crippen LogP contribution in [0.3, 0.4) is 0 Å². The monoisotopic (exact) mass is 304 g/mol. The lowest BCUT2D eigenvalue weighted by Crippen LogP contribution is -2.52. The van der Waals surface area contributed by atoms with Crippen LogP contribution in [0, 0.1) is 5.92 Å². The van der Waals surface area contributed by atoms with Gasteiger partial charge in [-0.2, -0.15) is 10.1 Å². The number of hydrazone groups is 1. The van der Waals surface area contributed by atoms with Crippen LogP contribution in [0.4, 0.5) is 0 Å². The van der Waals surface area contributed by atoms with Gasteiger partial charge in [-0.1, -0.05) is 32.0 Å². The van der Waals surface area contributed by atoms with Crippen molar-refractivity contribution in [2.75, 3.05) is 7.11 Å². The van der Waals surface area contributed by atoms with Crippen LogP contribution in [0.1, 0.15) is 37.0 Å². The molecular formula is C16H20N2O4. The molecule has 1 atom stereocenters. The van der Waals surface area contributed by atoms with E-state index in [9.17, 15) is 14.7 Å². The molecule has 0 spiro atoms. The Kier molecular flexibility index (Phi) is 4.61. The van der Waals surface area contributed by atoms with E-state index < -0.39 is 17.6 Å². The van der Waals surface area contributed by atoms with Crippen molar-refractivity contribution in [2.24, 2.45) is 11.0 Å². The number of benzene rings is 1. The van der Waals surface area contributed by atoms with Gasteiger partial charge in [-0.05, 0) is 24.5 Å². The molecule has 0 unspecified atom stereocenters. The first kappa shape index (κ1) is 16.2. The molecule has 0 aromatic heterocycles. The molecule has 0 fully saturated rings. The fourth-order valence-electron chi connectivity index (χ4n) is 2.44. The molecule has 1 amide bonds. The molecule has 1 aliphatic rings. The molecule has 6 heteroatoms. The summed E-state index contributed by atoms with van der Waals surface area (Å²) in [5.74, 6) is -1.13. The molecule has 0 radical (unpaired) electrons. The van der Waals surface area contributed by atoms with Crippen molar-refractivity contribution in [3.05, 3.63) is 35.9 Å². The zero-order chi connectivity index (χ0) is 16.3. The maximum Gasteiger partial charge on any atom is 0.361 e. The van der Waals surface area contributed by atoms with E-state index in [4.69, 9.17) is 0 Å². The number of rotatable bonds is 4. The first-order valence-electron chi connectivity index (χ1n) is 7.15. The van der Waals surface area contributed by atoms with Crippen LogP contribution in [-0.4, -0.2) is 40.5 Å². The van der Waals surface area contributed by atoms with Gasteiger partial charge < -0.3 is 9.84 Å². The third-order valence-corrected chi connectivity index (χ3v) is 3.41. The Morgan fingerprint density at radius 3 is 2.55 bits per heavy atom. The van der Waals surface area contributed by atoms with E-state index in [1.54, 1.807) is 30.3 Å². The molecule has 1 aliphatic heterocycles. The minimum absolute atomic E-state index is 0.0313. The summed E-state index contributed by atoms with van der Waals surface area (Å²) in [5.41, 5.74) is -1.13. The van der Waals surface area contributed by atoms with Crippen LogP contribution in [0.2, 0.25) is 0 Å². The van der Waals surface area contributed by atoms with Crippen LogP contribution < -0.4 is 0 Å². The van der Waals surface area contributed by atoms with Gasteiger partial charge in [0.1, 0.15) is 0 Å². The number of esters is 1. The van der Waals surface area contributed by atoms with Gasteiger partial charge in [0, 0.05) is 17.7 Å². The van der Waals surface area contributed by atoms with E-state index in [-0.39, 0.29) is 6.42 Å². The first-order valence-corrected chi connectivity index (χ1v) is 7.15. The van der Waals surface area contributed by atoms with Gasteiger partial charge in [-0.25, -0.2) is 4.79 Å². The maximum atomic E-state index is 12.6. The van der Waals surface area contributed by atoms with Crippen LogP contribution in [0.25, 0.3) is 0 Å². The Hall–Kier alpha value is -2.21. The van der Waals surface area contributed by atoms with Crippen molar-refractivity contribution in [3.63, 3.8) is 0 Å². The summed E-state index contributed by atoms with van der Waals surface area (Å²) >= 11 is 0. The fraction of sp³-hybridized carbons (Fsp3) is 0.438. The van der Waals surface area contributed by atoms with Gasteiger partial charge in [-0.3, -0.25) is 4.79 Å². The van der Waals surface area contributed by atoms with Gasteiger partial charge in [0.25, 0.3) is 11.6 Å². The Morgan fingerprint density at radius 2 is 2.00 bits per heavy atom. The number of carbonyl (C=O) groups is 2. The van der Waals surface area contributed by atoms with E-state index in [2.05, 4.69) is 9.84 Å². The Morgan fingerprint density at radius 1 is 1.36 bits per heavy atom. The van der Waals surface area contributed by atoms with Crippen LogP contribution >= 0.6 is 0 Å². The minimum Gasteiger partial charge on any atom is -0.465 e. The van der Waals surface area contributed by atoms with Crippen molar-refractivity contribution in [1.82, 2.24) is 5.01 Å². The van der Waals surface area contributed by atoms with E-state index in [1.165, 1.54) is 7.11 Å². The average molecular weight is 304 g/mol. The van der Waals surface area contributed by atoms with Crippen molar-refractivity contribution < 1.29 is 19.4 Å². The second kappa shape index (κ2) is 6.27. The highest BCUT2D eigenvalue weighted by Gasteiger charge is 2.51. The molecule has 0 saturated carbocycles. The molecule has 22 heavy (non-hydrogen) atoms. The van der Waals surface area contributed by atoms with Gasteiger partial charge in [0.15, 0.2) is 0 Å². The first-order chi connectivity index (χ1) is 10.4. The number of hydrogen-bond acceptors (Lipinski definition) is 5. The van der Waals surface area contributed by atoms with Crippen molar-refractivity contribution in [2.45, 2.75) is 32.4 Å². The second-order valence-electron chi connectivity index (χ2n) is 5.73. The topological polar surface area (TPSA) is 79.2 Å². The maximum absolute atomic E-state index is 12.6. The molecule has 1 aromatic rings. The summed E-state index contributed by atoms with van der Waals surface area (Å²) in [5, 5.41) is 15.7. The van der Waals surface area contributed by atoms with Crippen LogP contribution in [0.15, 0.2) is 35.4 Å². The Bertz CT molecular complexity index is 597. The van der Waals surface area contributed by atoms with Crippen molar-refractivity contribution in [1.29, 1.82) is 0 Å². The smallest absolute Gasteiger partial charge is 0.361 e. The summed E-state index contributed by atoms with van der Waals surface area (Å²) in [7, 11) is 1.17. The number of amides is 1. The van der Waals surface area contributed by atoms with E-state index in [0.717, 1.165) is 5.01 Å². The summed E-state index contributed by atoms with van der Waals surface area (Å²) in [4.78, 5) is 24.5. The Balaban J connectivity index is 2.36. The lowest BCUT2D eigenvalue weighted by molar-refractivity contribution is -0.176. The van der Waals surface area contributed by atoms with Gasteiger partial charge in [0.05, 0.1) is 7.11 Å². The number of carbonyl (C=O) groups excluding carboxylic acids is 2. The third-order valence-electron chi connectivity index (χ3n) is 3.41. The zero-order valence-electron chi connectivity index (χ0n) is 12.9. The number of hydrogen-bond donors (Lipinski definition) is 1. The van der Waals surface area contributed by atoms with Crippen molar-refractivity contribution >= 4 is 17.6 Å². The molecule has 2 rings (SSSR count). The normalized spacial score (nSPS) is 21.0. The van der Waals surface area contributed by atoms with Crippen LogP contribution in [-0.2, 0) is 9.53 Å². The molecule has 1 N–H and O–H groups in total. The van der Waals surface area contributed by atoms with Gasteiger partial charge in [0.2, 0.25) is 0 Å².